The number of aryl methyl sites for hydroxylation is 1. The lowest BCUT2D eigenvalue weighted by atomic mass is 9.99. The van der Waals surface area contributed by atoms with E-state index >= 15 is 0 Å². The maximum Gasteiger partial charge on any atom is 0.306 e. The maximum absolute atomic E-state index is 12.4. The first-order chi connectivity index (χ1) is 12.8. The summed E-state index contributed by atoms with van der Waals surface area (Å²) < 4.78 is 30.3. The molecule has 1 aliphatic carbocycles. The number of hydrogen-bond donors (Lipinski definition) is 0. The Hall–Kier alpha value is -1.89. The van der Waals surface area contributed by atoms with Crippen LogP contribution in [0.15, 0.2) is 18.2 Å². The molecule has 0 unspecified atom stereocenters. The zero-order valence-electron chi connectivity index (χ0n) is 15.8. The third kappa shape index (κ3) is 5.09. The Kier molecular flexibility index (Phi) is 6.19. The van der Waals surface area contributed by atoms with Crippen molar-refractivity contribution in [3.63, 3.8) is 0 Å². The van der Waals surface area contributed by atoms with Gasteiger partial charge in [0.25, 0.3) is 0 Å². The van der Waals surface area contributed by atoms with Gasteiger partial charge in [0.15, 0.2) is 12.4 Å². The number of carbonyl (C=O) groups excluding carboxylic acids is 2. The van der Waals surface area contributed by atoms with Gasteiger partial charge in [0.05, 0.1) is 11.9 Å². The van der Waals surface area contributed by atoms with E-state index in [1.807, 2.05) is 0 Å². The maximum atomic E-state index is 12.4. The molecule has 0 amide bonds. The van der Waals surface area contributed by atoms with Crippen LogP contribution in [0.2, 0.25) is 0 Å². The van der Waals surface area contributed by atoms with Gasteiger partial charge in [-0.25, -0.2) is 8.42 Å². The van der Waals surface area contributed by atoms with Crippen LogP contribution in [0.1, 0.15) is 60.9 Å². The van der Waals surface area contributed by atoms with Gasteiger partial charge in [-0.15, -0.1) is 0 Å². The highest BCUT2D eigenvalue weighted by Gasteiger charge is 2.25. The molecule has 148 valence electrons. The first-order valence-corrected chi connectivity index (χ1v) is 11.5. The number of benzene rings is 1. The third-order valence-electron chi connectivity index (χ3n) is 5.47. The van der Waals surface area contributed by atoms with Crippen LogP contribution in [0.3, 0.4) is 0 Å². The van der Waals surface area contributed by atoms with Crippen molar-refractivity contribution in [2.45, 2.75) is 51.4 Å². The average Bonchev–Trinajstić information content (AvgIpc) is 3.16. The van der Waals surface area contributed by atoms with Gasteiger partial charge in [-0.05, 0) is 48.9 Å². The van der Waals surface area contributed by atoms with Crippen molar-refractivity contribution in [3.8, 4) is 0 Å². The number of ether oxygens (including phenoxy) is 1. The van der Waals surface area contributed by atoms with Gasteiger partial charge in [0.1, 0.15) is 0 Å². The number of esters is 1. The van der Waals surface area contributed by atoms with Crippen LogP contribution in [-0.4, -0.2) is 39.6 Å². The van der Waals surface area contributed by atoms with Crippen LogP contribution in [0, 0.1) is 5.92 Å². The van der Waals surface area contributed by atoms with Crippen molar-refractivity contribution in [2.24, 2.45) is 5.92 Å². The number of nitrogens with zero attached hydrogens (tertiary/aromatic N) is 1. The van der Waals surface area contributed by atoms with E-state index in [4.69, 9.17) is 4.74 Å². The number of sulfonamides is 1. The largest absolute Gasteiger partial charge is 0.457 e. The molecule has 0 aromatic heterocycles. The Balaban J connectivity index is 1.56. The van der Waals surface area contributed by atoms with Gasteiger partial charge >= 0.3 is 5.97 Å². The lowest BCUT2D eigenvalue weighted by molar-refractivity contribution is -0.142. The third-order valence-corrected chi connectivity index (χ3v) is 6.65. The SMILES string of the molecule is CS(=O)(=O)N1CCCc2cc(C(=O)COC(=O)CCC3CCCC3)ccc21. The number of rotatable bonds is 7. The summed E-state index contributed by atoms with van der Waals surface area (Å²) in [5, 5.41) is 0. The molecular weight excluding hydrogens is 366 g/mol. The standard InChI is InChI=1S/C20H27NO5S/c1-27(24,25)21-12-4-7-16-13-17(9-10-18(16)21)19(22)14-26-20(23)11-8-15-5-2-3-6-15/h9-10,13,15H,2-8,11-12,14H2,1H3. The van der Waals surface area contributed by atoms with Crippen molar-refractivity contribution in [1.29, 1.82) is 0 Å². The number of carbonyl (C=O) groups is 2. The van der Waals surface area contributed by atoms with Crippen LogP contribution in [0.25, 0.3) is 0 Å². The molecule has 0 N–H and O–H groups in total. The van der Waals surface area contributed by atoms with Crippen LogP contribution in [0.4, 0.5) is 5.69 Å². The minimum atomic E-state index is -3.33. The highest BCUT2D eigenvalue weighted by Crippen LogP contribution is 2.30. The van der Waals surface area contributed by atoms with Gasteiger partial charge in [-0.2, -0.15) is 0 Å². The first kappa shape index (κ1) is 19.9. The zero-order chi connectivity index (χ0) is 19.4. The van der Waals surface area contributed by atoms with Gasteiger partial charge in [-0.1, -0.05) is 25.7 Å². The van der Waals surface area contributed by atoms with E-state index in [2.05, 4.69) is 0 Å². The molecule has 6 nitrogen and oxygen atoms in total. The quantitative estimate of drug-likeness (QED) is 0.525. The summed E-state index contributed by atoms with van der Waals surface area (Å²) in [7, 11) is -3.33. The molecule has 2 aliphatic rings. The van der Waals surface area contributed by atoms with Crippen molar-refractivity contribution in [1.82, 2.24) is 0 Å². The molecule has 0 atom stereocenters. The molecule has 1 heterocycles. The van der Waals surface area contributed by atoms with E-state index in [9.17, 15) is 18.0 Å². The van der Waals surface area contributed by atoms with Gasteiger partial charge in [-0.3, -0.25) is 13.9 Å². The van der Waals surface area contributed by atoms with Crippen molar-refractivity contribution in [3.05, 3.63) is 29.3 Å². The fourth-order valence-corrected chi connectivity index (χ4v) is 5.00. The van der Waals surface area contributed by atoms with Gasteiger partial charge < -0.3 is 4.74 Å². The molecule has 0 saturated heterocycles. The number of hydrogen-bond acceptors (Lipinski definition) is 5. The second-order valence-corrected chi connectivity index (χ2v) is 9.46. The van der Waals surface area contributed by atoms with E-state index in [1.165, 1.54) is 36.2 Å². The molecule has 0 bridgehead atoms. The van der Waals surface area contributed by atoms with Crippen LogP contribution in [0.5, 0.6) is 0 Å². The van der Waals surface area contributed by atoms with Crippen LogP contribution in [-0.2, 0) is 26.0 Å². The molecule has 1 aliphatic heterocycles. The summed E-state index contributed by atoms with van der Waals surface area (Å²) in [6.45, 7) is 0.190. The zero-order valence-corrected chi connectivity index (χ0v) is 16.6. The molecule has 1 aromatic carbocycles. The van der Waals surface area contributed by atoms with E-state index in [-0.39, 0.29) is 18.4 Å². The van der Waals surface area contributed by atoms with Crippen molar-refractivity contribution < 1.29 is 22.7 Å². The minimum Gasteiger partial charge on any atom is -0.457 e. The Morgan fingerprint density at radius 2 is 1.93 bits per heavy atom. The molecule has 1 saturated carbocycles. The second kappa shape index (κ2) is 8.42. The monoisotopic (exact) mass is 393 g/mol. The van der Waals surface area contributed by atoms with E-state index in [1.54, 1.807) is 18.2 Å². The number of Topliss-reactive ketones (excluding diaryl/α,β-unsaturated/α-hetero) is 1. The lowest BCUT2D eigenvalue weighted by Gasteiger charge is -2.29. The predicted octanol–water partition coefficient (Wildman–Crippen LogP) is 3.10. The summed E-state index contributed by atoms with van der Waals surface area (Å²) in [6, 6.07) is 5.00. The number of ketones is 1. The summed E-state index contributed by atoms with van der Waals surface area (Å²) in [4.78, 5) is 24.2. The summed E-state index contributed by atoms with van der Waals surface area (Å²) in [5.41, 5.74) is 1.92. The second-order valence-electron chi connectivity index (χ2n) is 7.56. The molecule has 7 heteroatoms. The van der Waals surface area contributed by atoms with E-state index < -0.39 is 10.0 Å². The van der Waals surface area contributed by atoms with Crippen LogP contribution >= 0.6 is 0 Å². The highest BCUT2D eigenvalue weighted by molar-refractivity contribution is 7.92. The topological polar surface area (TPSA) is 80.8 Å². The lowest BCUT2D eigenvalue weighted by Crippen LogP contribution is -2.34. The first-order valence-electron chi connectivity index (χ1n) is 9.64. The molecule has 0 spiro atoms. The molecular formula is C20H27NO5S. The Labute approximate surface area is 160 Å². The minimum absolute atomic E-state index is 0.261. The fourth-order valence-electron chi connectivity index (χ4n) is 4.00. The fraction of sp³-hybridized carbons (Fsp3) is 0.600. The molecule has 3 rings (SSSR count). The number of fused-ring (bicyclic) bond motifs is 1. The predicted molar refractivity (Wildman–Crippen MR) is 103 cm³/mol. The summed E-state index contributed by atoms with van der Waals surface area (Å²) >= 11 is 0. The van der Waals surface area contributed by atoms with Crippen LogP contribution < -0.4 is 4.31 Å². The number of anilines is 1. The highest BCUT2D eigenvalue weighted by atomic mass is 32.2. The van der Waals surface area contributed by atoms with Crippen molar-refractivity contribution in [2.75, 3.05) is 23.7 Å². The summed E-state index contributed by atoms with van der Waals surface area (Å²) in [6.07, 6.45) is 8.70. The smallest absolute Gasteiger partial charge is 0.306 e. The molecule has 27 heavy (non-hydrogen) atoms. The molecule has 0 radical (unpaired) electrons. The molecule has 1 fully saturated rings. The van der Waals surface area contributed by atoms with E-state index in [0.29, 0.717) is 36.6 Å². The normalized spacial score (nSPS) is 17.6. The summed E-state index contributed by atoms with van der Waals surface area (Å²) in [5.74, 6) is 0.0339. The Morgan fingerprint density at radius 1 is 1.19 bits per heavy atom. The average molecular weight is 394 g/mol. The van der Waals surface area contributed by atoms with Gasteiger partial charge in [0.2, 0.25) is 10.0 Å². The van der Waals surface area contributed by atoms with Crippen molar-refractivity contribution >= 4 is 27.5 Å². The Bertz CT molecular complexity index is 812. The molecule has 1 aromatic rings. The van der Waals surface area contributed by atoms with E-state index in [0.717, 1.165) is 18.4 Å². The Morgan fingerprint density at radius 3 is 2.63 bits per heavy atom. The van der Waals surface area contributed by atoms with Gasteiger partial charge in [0, 0.05) is 18.5 Å².